The van der Waals surface area contributed by atoms with Crippen LogP contribution in [0, 0.1) is 0 Å². The number of rotatable bonds is 2. The van der Waals surface area contributed by atoms with E-state index in [1.54, 1.807) is 0 Å². The van der Waals surface area contributed by atoms with Crippen LogP contribution in [-0.2, 0) is 10.9 Å². The number of halogens is 3. The van der Waals surface area contributed by atoms with Crippen molar-refractivity contribution in [3.63, 3.8) is 0 Å². The summed E-state index contributed by atoms with van der Waals surface area (Å²) in [6, 6.07) is 12.6. The third-order valence-electron chi connectivity index (χ3n) is 5.74. The molecule has 3 aliphatic heterocycles. The summed E-state index contributed by atoms with van der Waals surface area (Å²) < 4.78 is 44.3. The molecule has 0 saturated carbocycles. The number of alkyl halides is 3. The molecule has 0 aromatic heterocycles. The Labute approximate surface area is 176 Å². The second-order valence-corrected chi connectivity index (χ2v) is 7.57. The SMILES string of the molecule is CN1C2=C(O)N(c3ccc(C(F)(F)F)cc3)NC2=c2ccccc2=C1N1CCOCC1. The number of morpholine rings is 1. The average Bonchev–Trinajstić information content (AvgIpc) is 3.12. The first kappa shape index (κ1) is 19.6. The zero-order chi connectivity index (χ0) is 21.8. The Hall–Kier alpha value is -3.33. The van der Waals surface area contributed by atoms with E-state index >= 15 is 0 Å². The van der Waals surface area contributed by atoms with Crippen LogP contribution in [0.4, 0.5) is 18.9 Å². The maximum atomic E-state index is 12.9. The highest BCUT2D eigenvalue weighted by molar-refractivity contribution is 5.77. The molecule has 9 heteroatoms. The van der Waals surface area contributed by atoms with E-state index in [0.29, 0.717) is 30.3 Å². The van der Waals surface area contributed by atoms with Gasteiger partial charge in [-0.2, -0.15) is 13.2 Å². The second-order valence-electron chi connectivity index (χ2n) is 7.57. The van der Waals surface area contributed by atoms with Crippen LogP contribution in [0.1, 0.15) is 5.56 Å². The number of hydrogen-bond acceptors (Lipinski definition) is 6. The van der Waals surface area contributed by atoms with Gasteiger partial charge in [-0.1, -0.05) is 24.3 Å². The highest BCUT2D eigenvalue weighted by Crippen LogP contribution is 2.35. The first-order chi connectivity index (χ1) is 14.9. The van der Waals surface area contributed by atoms with Gasteiger partial charge in [0, 0.05) is 30.6 Å². The highest BCUT2D eigenvalue weighted by atomic mass is 19.4. The van der Waals surface area contributed by atoms with Crippen molar-refractivity contribution in [2.45, 2.75) is 6.18 Å². The largest absolute Gasteiger partial charge is 0.492 e. The number of likely N-dealkylation sites (N-methyl/N-ethyl adjacent to an activating group) is 1. The number of nitrogens with one attached hydrogen (secondary N) is 1. The van der Waals surface area contributed by atoms with Crippen molar-refractivity contribution in [3.8, 4) is 0 Å². The molecule has 3 heterocycles. The van der Waals surface area contributed by atoms with E-state index in [2.05, 4.69) is 10.3 Å². The van der Waals surface area contributed by atoms with Crippen molar-refractivity contribution in [1.82, 2.24) is 15.2 Å². The van der Waals surface area contributed by atoms with Crippen molar-refractivity contribution < 1.29 is 23.0 Å². The van der Waals surface area contributed by atoms with Gasteiger partial charge in [-0.3, -0.25) is 5.43 Å². The number of aliphatic hydroxyl groups excluding tert-OH is 1. The average molecular weight is 430 g/mol. The zero-order valence-electron chi connectivity index (χ0n) is 16.8. The Morgan fingerprint density at radius 2 is 1.61 bits per heavy atom. The molecule has 0 spiro atoms. The van der Waals surface area contributed by atoms with Crippen LogP contribution >= 0.6 is 0 Å². The standard InChI is InChI=1S/C22H21F3N4O2/c1-27-19-18(16-4-2-3-5-17(16)20(27)28-10-12-31-13-11-28)26-29(21(19)30)15-8-6-14(7-9-15)22(23,24)25/h2-9,26,30H,10-13H2,1H3. The minimum absolute atomic E-state index is 0.0717. The predicted molar refractivity (Wildman–Crippen MR) is 109 cm³/mol. The molecule has 162 valence electrons. The van der Waals surface area contributed by atoms with Gasteiger partial charge in [-0.05, 0) is 24.3 Å². The summed E-state index contributed by atoms with van der Waals surface area (Å²) in [5.41, 5.74) is 4.11. The van der Waals surface area contributed by atoms with Gasteiger partial charge in [0.05, 0.1) is 30.2 Å². The number of fused-ring (bicyclic) bond motifs is 2. The van der Waals surface area contributed by atoms with E-state index in [1.165, 1.54) is 17.1 Å². The van der Waals surface area contributed by atoms with Gasteiger partial charge in [-0.25, -0.2) is 5.01 Å². The minimum atomic E-state index is -4.42. The summed E-state index contributed by atoms with van der Waals surface area (Å²) >= 11 is 0. The molecule has 1 saturated heterocycles. The van der Waals surface area contributed by atoms with Crippen LogP contribution in [0.15, 0.2) is 60.1 Å². The normalized spacial score (nSPS) is 18.9. The van der Waals surface area contributed by atoms with Gasteiger partial charge in [0.15, 0.2) is 0 Å². The molecule has 3 aliphatic rings. The van der Waals surface area contributed by atoms with E-state index in [1.807, 2.05) is 36.2 Å². The number of anilines is 1. The molecule has 0 aliphatic carbocycles. The van der Waals surface area contributed by atoms with Crippen LogP contribution in [0.25, 0.3) is 11.5 Å². The van der Waals surface area contributed by atoms with Crippen molar-refractivity contribution in [2.24, 2.45) is 0 Å². The fraction of sp³-hybridized carbons (Fsp3) is 0.273. The quantitative estimate of drug-likeness (QED) is 0.760. The van der Waals surface area contributed by atoms with Gasteiger partial charge < -0.3 is 19.6 Å². The predicted octanol–water partition coefficient (Wildman–Crippen LogP) is 1.91. The van der Waals surface area contributed by atoms with Gasteiger partial charge in [0.1, 0.15) is 11.5 Å². The summed E-state index contributed by atoms with van der Waals surface area (Å²) in [6.45, 7) is 2.70. The maximum Gasteiger partial charge on any atom is 0.416 e. The third-order valence-corrected chi connectivity index (χ3v) is 5.74. The fourth-order valence-corrected chi connectivity index (χ4v) is 4.27. The Bertz CT molecular complexity index is 1170. The smallest absolute Gasteiger partial charge is 0.416 e. The van der Waals surface area contributed by atoms with Crippen LogP contribution < -0.4 is 20.9 Å². The van der Waals surface area contributed by atoms with Crippen LogP contribution in [0.2, 0.25) is 0 Å². The molecule has 0 atom stereocenters. The molecular weight excluding hydrogens is 409 g/mol. The molecule has 2 N–H and O–H groups in total. The van der Waals surface area contributed by atoms with Gasteiger partial charge in [-0.15, -0.1) is 0 Å². The first-order valence-electron chi connectivity index (χ1n) is 9.94. The van der Waals surface area contributed by atoms with E-state index in [9.17, 15) is 18.3 Å². The molecular formula is C22H21F3N4O2. The Balaban J connectivity index is 1.61. The molecule has 6 nitrogen and oxygen atoms in total. The number of benzene rings is 2. The third kappa shape index (κ3) is 3.16. The Morgan fingerprint density at radius 3 is 2.26 bits per heavy atom. The van der Waals surface area contributed by atoms with Crippen molar-refractivity contribution >= 4 is 17.2 Å². The number of hydrogen-bond donors (Lipinski definition) is 2. The summed E-state index contributed by atoms with van der Waals surface area (Å²) in [7, 11) is 1.88. The molecule has 0 bridgehead atoms. The van der Waals surface area contributed by atoms with E-state index < -0.39 is 11.7 Å². The second kappa shape index (κ2) is 7.12. The maximum absolute atomic E-state index is 12.9. The Morgan fingerprint density at radius 1 is 0.968 bits per heavy atom. The lowest BCUT2D eigenvalue weighted by atomic mass is 10.1. The first-order valence-corrected chi connectivity index (χ1v) is 9.94. The number of ether oxygens (including phenoxy) is 1. The number of aliphatic hydroxyl groups is 1. The monoisotopic (exact) mass is 430 g/mol. The zero-order valence-corrected chi connectivity index (χ0v) is 16.8. The number of hydrazine groups is 1. The lowest BCUT2D eigenvalue weighted by Gasteiger charge is -2.38. The lowest BCUT2D eigenvalue weighted by molar-refractivity contribution is -0.137. The van der Waals surface area contributed by atoms with E-state index in [0.717, 1.165) is 41.5 Å². The topological polar surface area (TPSA) is 51.2 Å². The molecule has 2 aromatic carbocycles. The van der Waals surface area contributed by atoms with E-state index in [4.69, 9.17) is 4.74 Å². The van der Waals surface area contributed by atoms with Gasteiger partial charge >= 0.3 is 6.18 Å². The van der Waals surface area contributed by atoms with Gasteiger partial charge in [0.2, 0.25) is 5.88 Å². The summed E-state index contributed by atoms with van der Waals surface area (Å²) in [4.78, 5) is 4.15. The molecule has 0 unspecified atom stereocenters. The lowest BCUT2D eigenvalue weighted by Crippen LogP contribution is -2.50. The van der Waals surface area contributed by atoms with Crippen molar-refractivity contribution in [1.29, 1.82) is 0 Å². The van der Waals surface area contributed by atoms with Crippen molar-refractivity contribution in [2.75, 3.05) is 38.4 Å². The number of nitrogens with zero attached hydrogens (tertiary/aromatic N) is 3. The van der Waals surface area contributed by atoms with E-state index in [-0.39, 0.29) is 5.88 Å². The van der Waals surface area contributed by atoms with Crippen LogP contribution in [0.5, 0.6) is 0 Å². The molecule has 0 radical (unpaired) electrons. The molecule has 1 fully saturated rings. The highest BCUT2D eigenvalue weighted by Gasteiger charge is 2.37. The van der Waals surface area contributed by atoms with Crippen molar-refractivity contribution in [3.05, 3.63) is 76.1 Å². The molecule has 2 aromatic rings. The summed E-state index contributed by atoms with van der Waals surface area (Å²) in [5.74, 6) is 0.887. The molecule has 5 rings (SSSR count). The summed E-state index contributed by atoms with van der Waals surface area (Å²) in [5, 5.41) is 14.4. The van der Waals surface area contributed by atoms with Gasteiger partial charge in [0.25, 0.3) is 0 Å². The molecule has 31 heavy (non-hydrogen) atoms. The minimum Gasteiger partial charge on any atom is -0.492 e. The Kier molecular flexibility index (Phi) is 4.51. The van der Waals surface area contributed by atoms with Crippen LogP contribution in [-0.4, -0.2) is 48.3 Å². The van der Waals surface area contributed by atoms with Crippen LogP contribution in [0.3, 0.4) is 0 Å². The molecule has 0 amide bonds. The summed E-state index contributed by atoms with van der Waals surface area (Å²) in [6.07, 6.45) is -4.42. The fourth-order valence-electron chi connectivity index (χ4n) is 4.27.